The lowest BCUT2D eigenvalue weighted by atomic mass is 9.91. The molecular formula is C30H36O8. The van der Waals surface area contributed by atoms with Crippen LogP contribution in [0.2, 0.25) is 0 Å². The number of hydrogen-bond donors (Lipinski definition) is 0. The highest BCUT2D eigenvalue weighted by atomic mass is 16.6. The third-order valence-corrected chi connectivity index (χ3v) is 5.67. The molecule has 0 radical (unpaired) electrons. The van der Waals surface area contributed by atoms with Crippen LogP contribution in [0.4, 0.5) is 0 Å². The van der Waals surface area contributed by atoms with E-state index in [1.54, 1.807) is 13.8 Å². The fourth-order valence-electron chi connectivity index (χ4n) is 3.73. The number of carbonyl (C=O) groups is 2. The smallest absolute Gasteiger partial charge is 0.333 e. The van der Waals surface area contributed by atoms with Crippen LogP contribution in [-0.4, -0.2) is 64.8 Å². The molecule has 0 spiro atoms. The number of carbonyl (C=O) groups excluding carboxylic acids is 2. The van der Waals surface area contributed by atoms with E-state index in [9.17, 15) is 9.59 Å². The molecule has 8 nitrogen and oxygen atoms in total. The molecule has 0 heterocycles. The van der Waals surface area contributed by atoms with Crippen LogP contribution >= 0.6 is 0 Å². The van der Waals surface area contributed by atoms with Gasteiger partial charge in [0.2, 0.25) is 0 Å². The number of ether oxygens (including phenoxy) is 6. The maximum absolute atomic E-state index is 11.4. The number of benzene rings is 2. The maximum atomic E-state index is 11.4. The first kappa shape index (κ1) is 29.1. The zero-order chi connectivity index (χ0) is 27.3. The minimum Gasteiger partial charge on any atom is -0.491 e. The molecule has 0 fully saturated rings. The van der Waals surface area contributed by atoms with E-state index in [4.69, 9.17) is 28.4 Å². The van der Waals surface area contributed by atoms with Gasteiger partial charge in [0.05, 0.1) is 33.0 Å². The van der Waals surface area contributed by atoms with Gasteiger partial charge in [-0.3, -0.25) is 0 Å². The van der Waals surface area contributed by atoms with Gasteiger partial charge in [0.15, 0.2) is 0 Å². The van der Waals surface area contributed by atoms with Crippen molar-refractivity contribution in [1.29, 1.82) is 0 Å². The zero-order valence-corrected chi connectivity index (χ0v) is 22.2. The van der Waals surface area contributed by atoms with Crippen LogP contribution in [0.25, 0.3) is 10.8 Å². The molecule has 1 aliphatic rings. The van der Waals surface area contributed by atoms with Crippen molar-refractivity contribution in [3.63, 3.8) is 0 Å². The Hall–Kier alpha value is -3.46. The fourth-order valence-corrected chi connectivity index (χ4v) is 3.73. The van der Waals surface area contributed by atoms with Crippen molar-refractivity contribution in [2.24, 2.45) is 0 Å². The molecule has 0 N–H and O–H groups in total. The van der Waals surface area contributed by atoms with E-state index in [0.29, 0.717) is 50.8 Å². The summed E-state index contributed by atoms with van der Waals surface area (Å²) in [5.74, 6) is -0.0838. The summed E-state index contributed by atoms with van der Waals surface area (Å²) in [6.07, 6.45) is 4.87. The molecular weight excluding hydrogens is 488 g/mol. The molecule has 0 amide bonds. The van der Waals surface area contributed by atoms with Gasteiger partial charge >= 0.3 is 11.9 Å². The number of rotatable bonds is 16. The lowest BCUT2D eigenvalue weighted by molar-refractivity contribution is -0.141. The van der Waals surface area contributed by atoms with Gasteiger partial charge in [-0.15, -0.1) is 0 Å². The molecule has 3 rings (SSSR count). The minimum atomic E-state index is -0.418. The van der Waals surface area contributed by atoms with Gasteiger partial charge in [-0.2, -0.15) is 0 Å². The normalized spacial score (nSPS) is 14.1. The minimum absolute atomic E-state index is 0.162. The highest BCUT2D eigenvalue weighted by Crippen LogP contribution is 2.33. The molecule has 8 heteroatoms. The van der Waals surface area contributed by atoms with E-state index >= 15 is 0 Å². The number of allylic oxidation sites excluding steroid dienone is 1. The van der Waals surface area contributed by atoms with Gasteiger partial charge in [-0.05, 0) is 60.4 Å². The highest BCUT2D eigenvalue weighted by molar-refractivity contribution is 5.87. The molecule has 0 saturated heterocycles. The first-order chi connectivity index (χ1) is 18.3. The molecule has 2 aromatic carbocycles. The van der Waals surface area contributed by atoms with E-state index < -0.39 is 11.9 Å². The lowest BCUT2D eigenvalue weighted by Crippen LogP contribution is -2.15. The predicted molar refractivity (Wildman–Crippen MR) is 144 cm³/mol. The Bertz CT molecular complexity index is 1170. The third-order valence-electron chi connectivity index (χ3n) is 5.67. The Morgan fingerprint density at radius 3 is 2.08 bits per heavy atom. The summed E-state index contributed by atoms with van der Waals surface area (Å²) in [7, 11) is 0. The van der Waals surface area contributed by atoms with E-state index in [0.717, 1.165) is 28.5 Å². The Balaban J connectivity index is 1.44. The largest absolute Gasteiger partial charge is 0.491 e. The van der Waals surface area contributed by atoms with Crippen LogP contribution in [-0.2, 0) is 39.7 Å². The van der Waals surface area contributed by atoms with Gasteiger partial charge in [0.25, 0.3) is 0 Å². The second-order valence-corrected chi connectivity index (χ2v) is 8.89. The van der Waals surface area contributed by atoms with Crippen molar-refractivity contribution in [2.45, 2.75) is 26.4 Å². The van der Waals surface area contributed by atoms with Gasteiger partial charge in [0, 0.05) is 11.1 Å². The molecule has 1 unspecified atom stereocenters. The molecule has 0 bridgehead atoms. The second kappa shape index (κ2) is 15.1. The van der Waals surface area contributed by atoms with E-state index in [1.165, 1.54) is 5.56 Å². The third kappa shape index (κ3) is 9.13. The Morgan fingerprint density at radius 1 is 0.789 bits per heavy atom. The summed E-state index contributed by atoms with van der Waals surface area (Å²) in [5.41, 5.74) is 3.09. The summed E-state index contributed by atoms with van der Waals surface area (Å²) < 4.78 is 32.9. The fraction of sp³-hybridized carbons (Fsp3) is 0.400. The van der Waals surface area contributed by atoms with Crippen molar-refractivity contribution in [3.8, 4) is 5.75 Å². The van der Waals surface area contributed by atoms with Gasteiger partial charge in [-0.25, -0.2) is 9.59 Å². The highest BCUT2D eigenvalue weighted by Gasteiger charge is 2.18. The number of fused-ring (bicyclic) bond motifs is 2. The summed E-state index contributed by atoms with van der Waals surface area (Å²) in [6, 6.07) is 10.3. The summed E-state index contributed by atoms with van der Waals surface area (Å²) >= 11 is 0. The Morgan fingerprint density at radius 2 is 1.42 bits per heavy atom. The van der Waals surface area contributed by atoms with Crippen LogP contribution in [0, 0.1) is 0 Å². The van der Waals surface area contributed by atoms with Crippen molar-refractivity contribution < 1.29 is 38.0 Å². The van der Waals surface area contributed by atoms with Crippen molar-refractivity contribution in [1.82, 2.24) is 0 Å². The molecule has 0 aromatic heterocycles. The van der Waals surface area contributed by atoms with Crippen molar-refractivity contribution in [2.75, 3.05) is 52.9 Å². The Kier molecular flexibility index (Phi) is 11.5. The SMILES string of the molecule is C=C(C)C(=O)OCCOCCOc1ccc2cc3c(cc2c1)C(OCCOCCOC(=O)C(=C)C)C=CC3. The zero-order valence-electron chi connectivity index (χ0n) is 22.2. The lowest BCUT2D eigenvalue weighted by Gasteiger charge is -2.22. The molecule has 0 aliphatic heterocycles. The van der Waals surface area contributed by atoms with Crippen LogP contribution in [0.3, 0.4) is 0 Å². The van der Waals surface area contributed by atoms with Crippen LogP contribution in [0.5, 0.6) is 5.75 Å². The second-order valence-electron chi connectivity index (χ2n) is 8.89. The van der Waals surface area contributed by atoms with Gasteiger partial charge in [0.1, 0.15) is 31.7 Å². The standard InChI is InChI=1S/C30H36O8/c1-21(2)29(31)37-16-12-33-10-14-35-26-9-8-23-18-24-6-5-7-28(27(24)20-25(23)19-26)36-15-11-34-13-17-38-30(32)22(3)4/h5,7-9,18-20,28H,1,3,6,10-17H2,2,4H3. The van der Waals surface area contributed by atoms with Crippen LogP contribution in [0.15, 0.2) is 66.8 Å². The number of hydrogen-bond acceptors (Lipinski definition) is 8. The van der Waals surface area contributed by atoms with E-state index in [1.807, 2.05) is 18.2 Å². The van der Waals surface area contributed by atoms with Crippen molar-refractivity contribution >= 4 is 22.7 Å². The predicted octanol–water partition coefficient (Wildman–Crippen LogP) is 4.66. The molecule has 204 valence electrons. The summed E-state index contributed by atoms with van der Waals surface area (Å²) in [4.78, 5) is 22.7. The summed E-state index contributed by atoms with van der Waals surface area (Å²) in [6.45, 7) is 12.8. The topological polar surface area (TPSA) is 89.5 Å². The number of esters is 2. The average Bonchev–Trinajstić information content (AvgIpc) is 2.90. The molecule has 1 aliphatic carbocycles. The first-order valence-corrected chi connectivity index (χ1v) is 12.6. The quantitative estimate of drug-likeness (QED) is 0.136. The molecule has 38 heavy (non-hydrogen) atoms. The molecule has 2 aromatic rings. The Labute approximate surface area is 223 Å². The average molecular weight is 525 g/mol. The van der Waals surface area contributed by atoms with Crippen LogP contribution in [0.1, 0.15) is 31.1 Å². The van der Waals surface area contributed by atoms with E-state index in [2.05, 4.69) is 37.4 Å². The molecule has 1 atom stereocenters. The maximum Gasteiger partial charge on any atom is 0.333 e. The van der Waals surface area contributed by atoms with Gasteiger partial charge in [-0.1, -0.05) is 37.4 Å². The summed E-state index contributed by atoms with van der Waals surface area (Å²) in [5, 5.41) is 2.20. The monoisotopic (exact) mass is 524 g/mol. The van der Waals surface area contributed by atoms with Crippen molar-refractivity contribution in [3.05, 3.63) is 77.9 Å². The van der Waals surface area contributed by atoms with E-state index in [-0.39, 0.29) is 19.3 Å². The first-order valence-electron chi connectivity index (χ1n) is 12.6. The van der Waals surface area contributed by atoms with Gasteiger partial charge < -0.3 is 28.4 Å². The van der Waals surface area contributed by atoms with Crippen LogP contribution < -0.4 is 4.74 Å². The molecule has 0 saturated carbocycles.